The zero-order valence-electron chi connectivity index (χ0n) is 18.4. The first-order valence-corrected chi connectivity index (χ1v) is 12.8. The zero-order chi connectivity index (χ0) is 21.7. The molecule has 2 atom stereocenters. The standard InChI is InChI=1S/C22H28N2O3S.C2H6/c1-3-17-6-8-18(9-7-17)22-23-21(16(2)27-22)15-28(25,26)20-11-10-19(14-20)24-12-4-5-13-24;1-2/h3,6-9,19-20H,1,4-5,10-15H2,2H3;1-2H3/t19-,20+;/m0./s1. The molecule has 2 heterocycles. The average Bonchev–Trinajstić information content (AvgIpc) is 3.51. The van der Waals surface area contributed by atoms with Gasteiger partial charge in [0.15, 0.2) is 9.84 Å². The molecule has 1 saturated heterocycles. The van der Waals surface area contributed by atoms with Crippen LogP contribution in [0.2, 0.25) is 0 Å². The summed E-state index contributed by atoms with van der Waals surface area (Å²) in [5.41, 5.74) is 2.39. The Labute approximate surface area is 181 Å². The highest BCUT2D eigenvalue weighted by Gasteiger charge is 2.38. The third kappa shape index (κ3) is 5.03. The van der Waals surface area contributed by atoms with Crippen LogP contribution in [0.15, 0.2) is 35.3 Å². The molecule has 2 aromatic rings. The predicted molar refractivity (Wildman–Crippen MR) is 123 cm³/mol. The lowest BCUT2D eigenvalue weighted by molar-refractivity contribution is 0.247. The summed E-state index contributed by atoms with van der Waals surface area (Å²) in [6.45, 7) is 11.8. The molecule has 0 amide bonds. The summed E-state index contributed by atoms with van der Waals surface area (Å²) in [5.74, 6) is 1.02. The molecule has 6 heteroatoms. The lowest BCUT2D eigenvalue weighted by atomic mass is 10.1. The molecule has 0 radical (unpaired) electrons. The van der Waals surface area contributed by atoms with Crippen molar-refractivity contribution in [1.82, 2.24) is 9.88 Å². The summed E-state index contributed by atoms with van der Waals surface area (Å²) in [6.07, 6.45) is 6.76. The maximum Gasteiger partial charge on any atom is 0.226 e. The number of rotatable bonds is 6. The number of aromatic nitrogens is 1. The second kappa shape index (κ2) is 9.92. The topological polar surface area (TPSA) is 63.4 Å². The van der Waals surface area contributed by atoms with E-state index in [9.17, 15) is 8.42 Å². The Morgan fingerprint density at radius 1 is 1.17 bits per heavy atom. The van der Waals surface area contributed by atoms with Gasteiger partial charge in [0, 0.05) is 11.6 Å². The van der Waals surface area contributed by atoms with Crippen LogP contribution in [0, 0.1) is 6.92 Å². The second-order valence-electron chi connectivity index (χ2n) is 7.99. The van der Waals surface area contributed by atoms with E-state index in [4.69, 9.17) is 4.42 Å². The van der Waals surface area contributed by atoms with Crippen LogP contribution < -0.4 is 0 Å². The minimum Gasteiger partial charge on any atom is -0.441 e. The lowest BCUT2D eigenvalue weighted by Crippen LogP contribution is -2.32. The molecule has 1 aliphatic carbocycles. The summed E-state index contributed by atoms with van der Waals surface area (Å²) in [7, 11) is -3.24. The SMILES string of the molecule is C=Cc1ccc(-c2nc(CS(=O)(=O)[C@@H]3CC[C@H](N4CCCC4)C3)c(C)o2)cc1.CC. The van der Waals surface area contributed by atoms with Crippen LogP contribution in [-0.2, 0) is 15.6 Å². The third-order valence-electron chi connectivity index (χ3n) is 6.15. The van der Waals surface area contributed by atoms with Gasteiger partial charge in [0.2, 0.25) is 5.89 Å². The van der Waals surface area contributed by atoms with E-state index in [1.807, 2.05) is 38.1 Å². The van der Waals surface area contributed by atoms with E-state index < -0.39 is 9.84 Å². The highest BCUT2D eigenvalue weighted by atomic mass is 32.2. The Balaban J connectivity index is 0.00000124. The molecule has 2 fully saturated rings. The third-order valence-corrected chi connectivity index (χ3v) is 8.27. The van der Waals surface area contributed by atoms with Gasteiger partial charge in [-0.3, -0.25) is 0 Å². The Hall–Kier alpha value is -1.92. The smallest absolute Gasteiger partial charge is 0.226 e. The van der Waals surface area contributed by atoms with E-state index >= 15 is 0 Å². The van der Waals surface area contributed by atoms with Crippen LogP contribution in [-0.4, -0.2) is 42.7 Å². The van der Waals surface area contributed by atoms with Crippen LogP contribution in [0.1, 0.15) is 63.0 Å². The Morgan fingerprint density at radius 3 is 2.47 bits per heavy atom. The van der Waals surface area contributed by atoms with Gasteiger partial charge in [-0.1, -0.05) is 38.6 Å². The van der Waals surface area contributed by atoms with Gasteiger partial charge in [-0.2, -0.15) is 0 Å². The molecule has 1 aliphatic heterocycles. The van der Waals surface area contributed by atoms with Gasteiger partial charge in [-0.05, 0) is 69.8 Å². The molecule has 1 saturated carbocycles. The maximum atomic E-state index is 13.0. The molecule has 5 nitrogen and oxygen atoms in total. The normalized spacial score (nSPS) is 22.0. The number of likely N-dealkylation sites (tertiary alicyclic amines) is 1. The average molecular weight is 431 g/mol. The number of aryl methyl sites for hydroxylation is 1. The van der Waals surface area contributed by atoms with E-state index in [-0.39, 0.29) is 11.0 Å². The molecule has 4 rings (SSSR count). The number of hydrogen-bond acceptors (Lipinski definition) is 5. The first-order chi connectivity index (χ1) is 14.5. The minimum absolute atomic E-state index is 0.0372. The molecule has 1 aromatic heterocycles. The molecule has 164 valence electrons. The van der Waals surface area contributed by atoms with Crippen molar-refractivity contribution in [2.75, 3.05) is 13.1 Å². The van der Waals surface area contributed by atoms with Gasteiger partial charge < -0.3 is 9.32 Å². The van der Waals surface area contributed by atoms with E-state index in [0.29, 0.717) is 23.4 Å². The van der Waals surface area contributed by atoms with Crippen LogP contribution in [0.4, 0.5) is 0 Å². The monoisotopic (exact) mass is 430 g/mol. The number of hydrogen-bond donors (Lipinski definition) is 0. The van der Waals surface area contributed by atoms with Crippen molar-refractivity contribution in [3.8, 4) is 11.5 Å². The van der Waals surface area contributed by atoms with Crippen LogP contribution in [0.5, 0.6) is 0 Å². The lowest BCUT2D eigenvalue weighted by Gasteiger charge is -2.23. The van der Waals surface area contributed by atoms with Gasteiger partial charge in [-0.15, -0.1) is 0 Å². The molecule has 0 spiro atoms. The highest BCUT2D eigenvalue weighted by molar-refractivity contribution is 7.91. The summed E-state index contributed by atoms with van der Waals surface area (Å²) < 4.78 is 31.8. The molecular weight excluding hydrogens is 396 g/mol. The van der Waals surface area contributed by atoms with E-state index in [1.165, 1.54) is 12.8 Å². The molecular formula is C24H34N2O3S. The molecule has 0 unspecified atom stereocenters. The van der Waals surface area contributed by atoms with Crippen LogP contribution in [0.25, 0.3) is 17.5 Å². The predicted octanol–water partition coefficient (Wildman–Crippen LogP) is 5.25. The summed E-state index contributed by atoms with van der Waals surface area (Å²) in [5, 5.41) is -0.260. The number of sulfone groups is 1. The molecule has 1 aromatic carbocycles. The molecule has 0 N–H and O–H groups in total. The van der Waals surface area contributed by atoms with Gasteiger partial charge >= 0.3 is 0 Å². The first-order valence-electron chi connectivity index (χ1n) is 11.1. The largest absolute Gasteiger partial charge is 0.441 e. The molecule has 0 bridgehead atoms. The van der Waals surface area contributed by atoms with Gasteiger partial charge in [0.25, 0.3) is 0 Å². The highest BCUT2D eigenvalue weighted by Crippen LogP contribution is 2.33. The quantitative estimate of drug-likeness (QED) is 0.626. The van der Waals surface area contributed by atoms with Crippen molar-refractivity contribution in [3.05, 3.63) is 47.9 Å². The molecule has 30 heavy (non-hydrogen) atoms. The Kier molecular flexibility index (Phi) is 7.53. The van der Waals surface area contributed by atoms with Crippen molar-refractivity contribution in [2.45, 2.75) is 69.9 Å². The van der Waals surface area contributed by atoms with Crippen molar-refractivity contribution < 1.29 is 12.8 Å². The van der Waals surface area contributed by atoms with E-state index in [0.717, 1.165) is 43.5 Å². The Morgan fingerprint density at radius 2 is 1.83 bits per heavy atom. The van der Waals surface area contributed by atoms with Crippen molar-refractivity contribution in [2.24, 2.45) is 0 Å². The van der Waals surface area contributed by atoms with Crippen LogP contribution in [0.3, 0.4) is 0 Å². The fourth-order valence-corrected chi connectivity index (χ4v) is 6.33. The fraction of sp³-hybridized carbons (Fsp3) is 0.542. The Bertz CT molecular complexity index is 941. The van der Waals surface area contributed by atoms with Crippen molar-refractivity contribution >= 4 is 15.9 Å². The fourth-order valence-electron chi connectivity index (χ4n) is 4.44. The summed E-state index contributed by atoms with van der Waals surface area (Å²) >= 11 is 0. The second-order valence-corrected chi connectivity index (χ2v) is 10.3. The number of benzene rings is 1. The number of nitrogens with zero attached hydrogens (tertiary/aromatic N) is 2. The van der Waals surface area contributed by atoms with Gasteiger partial charge in [0.05, 0.1) is 16.7 Å². The van der Waals surface area contributed by atoms with E-state index in [1.54, 1.807) is 13.0 Å². The summed E-state index contributed by atoms with van der Waals surface area (Å²) in [4.78, 5) is 6.98. The van der Waals surface area contributed by atoms with Crippen molar-refractivity contribution in [3.63, 3.8) is 0 Å². The van der Waals surface area contributed by atoms with Crippen LogP contribution >= 0.6 is 0 Å². The minimum atomic E-state index is -3.24. The van der Waals surface area contributed by atoms with E-state index in [2.05, 4.69) is 16.5 Å². The maximum absolute atomic E-state index is 13.0. The van der Waals surface area contributed by atoms with Crippen molar-refractivity contribution in [1.29, 1.82) is 0 Å². The van der Waals surface area contributed by atoms with Gasteiger partial charge in [-0.25, -0.2) is 13.4 Å². The summed E-state index contributed by atoms with van der Waals surface area (Å²) in [6, 6.07) is 8.14. The zero-order valence-corrected chi connectivity index (χ0v) is 19.2. The molecule has 2 aliphatic rings. The van der Waals surface area contributed by atoms with Gasteiger partial charge in [0.1, 0.15) is 5.76 Å². The number of oxazole rings is 1. The first kappa shape index (κ1) is 22.8.